The van der Waals surface area contributed by atoms with E-state index < -0.39 is 10.0 Å². The molecule has 0 radical (unpaired) electrons. The molecule has 9 heteroatoms. The second-order valence-corrected chi connectivity index (χ2v) is 9.58. The highest BCUT2D eigenvalue weighted by Crippen LogP contribution is 2.24. The molecule has 3 heterocycles. The summed E-state index contributed by atoms with van der Waals surface area (Å²) in [7, 11) is -1.69. The monoisotopic (exact) mass is 415 g/mol. The molecule has 1 aromatic heterocycles. The van der Waals surface area contributed by atoms with Crippen molar-refractivity contribution in [2.24, 2.45) is 0 Å². The van der Waals surface area contributed by atoms with Gasteiger partial charge in [-0.25, -0.2) is 8.42 Å². The zero-order valence-corrected chi connectivity index (χ0v) is 17.5. The molecule has 2 aliphatic heterocycles. The van der Waals surface area contributed by atoms with Gasteiger partial charge < -0.3 is 9.80 Å². The number of hydrogen-bond donors (Lipinski definition) is 0. The van der Waals surface area contributed by atoms with Gasteiger partial charge in [0, 0.05) is 38.8 Å². The molecule has 4 rings (SSSR count). The Bertz CT molecular complexity index is 980. The second kappa shape index (κ2) is 7.72. The standard InChI is InChI=1S/C20H25N5O3S/c1-15-5-10-19(22-21-15)24-13-17(14-24)23(2)20(26)16-6-8-18(9-7-16)29(27,28)25-11-3-4-12-25/h5-10,17H,3-4,11-14H2,1-2H3. The number of carbonyl (C=O) groups excluding carboxylic acids is 1. The number of aryl methyl sites for hydroxylation is 1. The third-order valence-corrected chi connectivity index (χ3v) is 7.56. The lowest BCUT2D eigenvalue weighted by molar-refractivity contribution is 0.0705. The van der Waals surface area contributed by atoms with Crippen LogP contribution in [0.15, 0.2) is 41.3 Å². The van der Waals surface area contributed by atoms with E-state index in [2.05, 4.69) is 15.1 Å². The van der Waals surface area contributed by atoms with Gasteiger partial charge in [-0.1, -0.05) is 0 Å². The maximum atomic E-state index is 12.8. The van der Waals surface area contributed by atoms with Crippen molar-refractivity contribution in [1.82, 2.24) is 19.4 Å². The molecule has 29 heavy (non-hydrogen) atoms. The molecule has 0 atom stereocenters. The topological polar surface area (TPSA) is 86.7 Å². The van der Waals surface area contributed by atoms with Gasteiger partial charge in [-0.2, -0.15) is 9.40 Å². The first-order valence-electron chi connectivity index (χ1n) is 9.79. The van der Waals surface area contributed by atoms with Gasteiger partial charge in [0.1, 0.15) is 0 Å². The predicted molar refractivity (Wildman–Crippen MR) is 109 cm³/mol. The van der Waals surface area contributed by atoms with Gasteiger partial charge in [-0.15, -0.1) is 5.10 Å². The average Bonchev–Trinajstić information content (AvgIpc) is 3.23. The number of benzene rings is 1. The highest BCUT2D eigenvalue weighted by molar-refractivity contribution is 7.89. The zero-order valence-electron chi connectivity index (χ0n) is 16.7. The van der Waals surface area contributed by atoms with Crippen LogP contribution in [0.4, 0.5) is 5.82 Å². The highest BCUT2D eigenvalue weighted by Gasteiger charge is 2.34. The Kier molecular flexibility index (Phi) is 5.26. The van der Waals surface area contributed by atoms with Crippen molar-refractivity contribution in [3.63, 3.8) is 0 Å². The summed E-state index contributed by atoms with van der Waals surface area (Å²) in [5.74, 6) is 0.693. The number of amides is 1. The Balaban J connectivity index is 1.39. The number of aromatic nitrogens is 2. The number of likely N-dealkylation sites (N-methyl/N-ethyl adjacent to an activating group) is 1. The maximum absolute atomic E-state index is 12.8. The number of rotatable bonds is 5. The van der Waals surface area contributed by atoms with Crippen molar-refractivity contribution >= 4 is 21.7 Å². The van der Waals surface area contributed by atoms with E-state index in [4.69, 9.17) is 0 Å². The van der Waals surface area contributed by atoms with Gasteiger partial charge >= 0.3 is 0 Å². The molecule has 0 spiro atoms. The van der Waals surface area contributed by atoms with Crippen molar-refractivity contribution in [2.75, 3.05) is 38.1 Å². The van der Waals surface area contributed by atoms with E-state index in [0.717, 1.165) is 24.4 Å². The first-order chi connectivity index (χ1) is 13.9. The van der Waals surface area contributed by atoms with Gasteiger partial charge in [0.15, 0.2) is 5.82 Å². The van der Waals surface area contributed by atoms with Crippen LogP contribution in [0.25, 0.3) is 0 Å². The van der Waals surface area contributed by atoms with Crippen molar-refractivity contribution in [3.8, 4) is 0 Å². The number of hydrogen-bond acceptors (Lipinski definition) is 6. The number of nitrogens with zero attached hydrogens (tertiary/aromatic N) is 5. The van der Waals surface area contributed by atoms with Crippen LogP contribution in [0, 0.1) is 6.92 Å². The Hall–Kier alpha value is -2.52. The van der Waals surface area contributed by atoms with E-state index in [9.17, 15) is 13.2 Å². The lowest BCUT2D eigenvalue weighted by atomic mass is 10.1. The van der Waals surface area contributed by atoms with Crippen LogP contribution < -0.4 is 4.90 Å². The Morgan fingerprint density at radius 3 is 2.28 bits per heavy atom. The van der Waals surface area contributed by atoms with E-state index in [-0.39, 0.29) is 16.8 Å². The van der Waals surface area contributed by atoms with Crippen molar-refractivity contribution < 1.29 is 13.2 Å². The van der Waals surface area contributed by atoms with Crippen molar-refractivity contribution in [2.45, 2.75) is 30.7 Å². The number of carbonyl (C=O) groups is 1. The first kappa shape index (κ1) is 19.8. The van der Waals surface area contributed by atoms with E-state index in [0.29, 0.717) is 31.7 Å². The molecule has 0 saturated carbocycles. The molecule has 0 N–H and O–H groups in total. The highest BCUT2D eigenvalue weighted by atomic mass is 32.2. The van der Waals surface area contributed by atoms with Crippen LogP contribution in [0.5, 0.6) is 0 Å². The van der Waals surface area contributed by atoms with Crippen LogP contribution >= 0.6 is 0 Å². The Morgan fingerprint density at radius 2 is 1.69 bits per heavy atom. The van der Waals surface area contributed by atoms with E-state index in [1.807, 2.05) is 19.1 Å². The molecule has 1 amide bonds. The quantitative estimate of drug-likeness (QED) is 0.736. The van der Waals surface area contributed by atoms with Gasteiger partial charge in [0.2, 0.25) is 10.0 Å². The van der Waals surface area contributed by atoms with Crippen molar-refractivity contribution in [1.29, 1.82) is 0 Å². The number of anilines is 1. The van der Waals surface area contributed by atoms with E-state index >= 15 is 0 Å². The maximum Gasteiger partial charge on any atom is 0.253 e. The minimum absolute atomic E-state index is 0.0820. The molecule has 2 saturated heterocycles. The molecule has 2 fully saturated rings. The summed E-state index contributed by atoms with van der Waals surface area (Å²) in [6, 6.07) is 10.2. The van der Waals surface area contributed by atoms with E-state index in [1.165, 1.54) is 16.4 Å². The molecule has 0 unspecified atom stereocenters. The second-order valence-electron chi connectivity index (χ2n) is 7.64. The zero-order chi connectivity index (χ0) is 20.6. The summed E-state index contributed by atoms with van der Waals surface area (Å²) in [4.78, 5) is 16.8. The molecular formula is C20H25N5O3S. The molecule has 1 aromatic carbocycles. The van der Waals surface area contributed by atoms with Gasteiger partial charge in [-0.3, -0.25) is 4.79 Å². The van der Waals surface area contributed by atoms with Gasteiger partial charge in [0.05, 0.1) is 16.6 Å². The Morgan fingerprint density at radius 1 is 1.03 bits per heavy atom. The van der Waals surface area contributed by atoms with Gasteiger partial charge in [-0.05, 0) is 56.2 Å². The molecule has 2 aliphatic rings. The lowest BCUT2D eigenvalue weighted by Crippen LogP contribution is -2.60. The minimum Gasteiger partial charge on any atom is -0.351 e. The van der Waals surface area contributed by atoms with Gasteiger partial charge in [0.25, 0.3) is 5.91 Å². The smallest absolute Gasteiger partial charge is 0.253 e. The molecule has 154 valence electrons. The average molecular weight is 416 g/mol. The fraction of sp³-hybridized carbons (Fsp3) is 0.450. The SMILES string of the molecule is Cc1ccc(N2CC(N(C)C(=O)c3ccc(S(=O)(=O)N4CCCC4)cc3)C2)nn1. The summed E-state index contributed by atoms with van der Waals surface area (Å²) in [5.41, 5.74) is 1.36. The largest absolute Gasteiger partial charge is 0.351 e. The van der Waals surface area contributed by atoms with Crippen LogP contribution in [0.1, 0.15) is 28.9 Å². The molecule has 0 bridgehead atoms. The van der Waals surface area contributed by atoms with Crippen LogP contribution in [0.2, 0.25) is 0 Å². The first-order valence-corrected chi connectivity index (χ1v) is 11.2. The summed E-state index contributed by atoms with van der Waals surface area (Å²) in [5, 5.41) is 8.24. The van der Waals surface area contributed by atoms with Crippen LogP contribution in [-0.4, -0.2) is 73.0 Å². The lowest BCUT2D eigenvalue weighted by Gasteiger charge is -2.44. The summed E-state index contributed by atoms with van der Waals surface area (Å²) in [6.07, 6.45) is 1.79. The van der Waals surface area contributed by atoms with Crippen LogP contribution in [0.3, 0.4) is 0 Å². The summed E-state index contributed by atoms with van der Waals surface area (Å²) in [6.45, 7) is 4.41. The van der Waals surface area contributed by atoms with Crippen LogP contribution in [-0.2, 0) is 10.0 Å². The minimum atomic E-state index is -3.46. The summed E-state index contributed by atoms with van der Waals surface area (Å²) >= 11 is 0. The summed E-state index contributed by atoms with van der Waals surface area (Å²) < 4.78 is 26.7. The molecule has 8 nitrogen and oxygen atoms in total. The fourth-order valence-electron chi connectivity index (χ4n) is 3.66. The third-order valence-electron chi connectivity index (χ3n) is 5.64. The fourth-order valence-corrected chi connectivity index (χ4v) is 5.18. The predicted octanol–water partition coefficient (Wildman–Crippen LogP) is 1.53. The van der Waals surface area contributed by atoms with E-state index in [1.54, 1.807) is 24.1 Å². The molecule has 2 aromatic rings. The Labute approximate surface area is 171 Å². The number of sulfonamides is 1. The third kappa shape index (κ3) is 3.84. The molecular weight excluding hydrogens is 390 g/mol. The normalized spacial score (nSPS) is 17.9. The van der Waals surface area contributed by atoms with Crippen molar-refractivity contribution in [3.05, 3.63) is 47.7 Å². The molecule has 0 aliphatic carbocycles.